The Balaban J connectivity index is 1.47. The molecule has 128 valence electrons. The van der Waals surface area contributed by atoms with Crippen molar-refractivity contribution in [2.75, 3.05) is 6.79 Å². The number of allylic oxidation sites excluding steroid dienone is 2. The Bertz CT molecular complexity index is 655. The zero-order chi connectivity index (χ0) is 16.9. The van der Waals surface area contributed by atoms with Crippen LogP contribution in [0.2, 0.25) is 0 Å². The van der Waals surface area contributed by atoms with Gasteiger partial charge in [0.05, 0.1) is 5.92 Å². The molecule has 0 spiro atoms. The number of carbonyl (C=O) groups is 2. The second kappa shape index (κ2) is 7.38. The molecule has 0 saturated carbocycles. The number of ether oxygens (including phenoxy) is 3. The molecule has 0 radical (unpaired) electrons. The van der Waals surface area contributed by atoms with Gasteiger partial charge in [0, 0.05) is 6.54 Å². The monoisotopic (exact) mass is 331 g/mol. The van der Waals surface area contributed by atoms with Crippen LogP contribution in [0, 0.1) is 5.92 Å². The normalized spacial score (nSPS) is 19.6. The molecular weight excluding hydrogens is 310 g/mol. The van der Waals surface area contributed by atoms with E-state index in [4.69, 9.17) is 14.2 Å². The minimum atomic E-state index is -0.808. The van der Waals surface area contributed by atoms with Crippen LogP contribution in [-0.2, 0) is 20.9 Å². The average Bonchev–Trinajstić information content (AvgIpc) is 3.08. The van der Waals surface area contributed by atoms with Crippen molar-refractivity contribution in [3.63, 3.8) is 0 Å². The van der Waals surface area contributed by atoms with Gasteiger partial charge in [-0.2, -0.15) is 0 Å². The van der Waals surface area contributed by atoms with Gasteiger partial charge in [-0.05, 0) is 43.9 Å². The lowest BCUT2D eigenvalue weighted by Gasteiger charge is -2.19. The van der Waals surface area contributed by atoms with Crippen LogP contribution in [0.1, 0.15) is 31.7 Å². The number of esters is 1. The summed E-state index contributed by atoms with van der Waals surface area (Å²) in [5, 5.41) is 2.77. The molecule has 0 saturated heterocycles. The highest BCUT2D eigenvalue weighted by Gasteiger charge is 2.25. The number of hydrogen-bond acceptors (Lipinski definition) is 5. The second-order valence-electron chi connectivity index (χ2n) is 5.97. The van der Waals surface area contributed by atoms with Crippen LogP contribution in [0.15, 0.2) is 30.4 Å². The van der Waals surface area contributed by atoms with Crippen LogP contribution in [0.25, 0.3) is 0 Å². The molecule has 1 aliphatic carbocycles. The van der Waals surface area contributed by atoms with Gasteiger partial charge in [-0.1, -0.05) is 18.2 Å². The van der Waals surface area contributed by atoms with Crippen LogP contribution in [-0.4, -0.2) is 24.8 Å². The highest BCUT2D eigenvalue weighted by molar-refractivity contribution is 5.84. The Morgan fingerprint density at radius 1 is 1.29 bits per heavy atom. The van der Waals surface area contributed by atoms with Crippen LogP contribution in [0.3, 0.4) is 0 Å². The number of amides is 1. The molecule has 6 nitrogen and oxygen atoms in total. The van der Waals surface area contributed by atoms with Crippen molar-refractivity contribution in [2.24, 2.45) is 5.92 Å². The Labute approximate surface area is 140 Å². The minimum Gasteiger partial charge on any atom is -0.454 e. The van der Waals surface area contributed by atoms with Gasteiger partial charge in [0.25, 0.3) is 5.91 Å². The van der Waals surface area contributed by atoms with Gasteiger partial charge in [-0.3, -0.25) is 9.59 Å². The Hall–Kier alpha value is -2.50. The fourth-order valence-corrected chi connectivity index (χ4v) is 2.72. The summed E-state index contributed by atoms with van der Waals surface area (Å²) in [6, 6.07) is 5.50. The third kappa shape index (κ3) is 3.88. The van der Waals surface area contributed by atoms with E-state index in [0.29, 0.717) is 24.5 Å². The van der Waals surface area contributed by atoms with Crippen molar-refractivity contribution < 1.29 is 23.8 Å². The molecular formula is C18H21NO5. The summed E-state index contributed by atoms with van der Waals surface area (Å²) >= 11 is 0. The predicted octanol–water partition coefficient (Wildman–Crippen LogP) is 2.32. The molecule has 1 aromatic carbocycles. The first-order chi connectivity index (χ1) is 11.6. The number of nitrogens with one attached hydrogen (secondary N) is 1. The van der Waals surface area contributed by atoms with Crippen molar-refractivity contribution >= 4 is 11.9 Å². The first-order valence-electron chi connectivity index (χ1n) is 8.15. The Morgan fingerprint density at radius 3 is 2.92 bits per heavy atom. The lowest BCUT2D eigenvalue weighted by molar-refractivity contribution is -0.159. The summed E-state index contributed by atoms with van der Waals surface area (Å²) < 4.78 is 15.8. The SMILES string of the molecule is C[C@@H](OC(=O)[C@@H]1CC=CCC1)C(=O)NCc1ccc2c(c1)OCO2. The highest BCUT2D eigenvalue weighted by Crippen LogP contribution is 2.32. The van der Waals surface area contributed by atoms with Gasteiger partial charge in [0.15, 0.2) is 17.6 Å². The molecule has 1 amide bonds. The Morgan fingerprint density at radius 2 is 2.12 bits per heavy atom. The summed E-state index contributed by atoms with van der Waals surface area (Å²) in [7, 11) is 0. The molecule has 0 unspecified atom stereocenters. The first-order valence-corrected chi connectivity index (χ1v) is 8.15. The smallest absolute Gasteiger partial charge is 0.310 e. The molecule has 1 aliphatic heterocycles. The lowest BCUT2D eigenvalue weighted by Crippen LogP contribution is -2.36. The van der Waals surface area contributed by atoms with Crippen molar-refractivity contribution in [2.45, 2.75) is 38.8 Å². The van der Waals surface area contributed by atoms with Gasteiger partial charge >= 0.3 is 5.97 Å². The molecule has 1 aromatic rings. The predicted molar refractivity (Wildman–Crippen MR) is 86.4 cm³/mol. The van der Waals surface area contributed by atoms with E-state index < -0.39 is 6.10 Å². The molecule has 1 N–H and O–H groups in total. The van der Waals surface area contributed by atoms with Crippen molar-refractivity contribution in [3.05, 3.63) is 35.9 Å². The van der Waals surface area contributed by atoms with Crippen LogP contribution < -0.4 is 14.8 Å². The molecule has 6 heteroatoms. The fourth-order valence-electron chi connectivity index (χ4n) is 2.72. The van der Waals surface area contributed by atoms with Gasteiger partial charge in [0.2, 0.25) is 6.79 Å². The average molecular weight is 331 g/mol. The lowest BCUT2D eigenvalue weighted by atomic mass is 9.95. The van der Waals surface area contributed by atoms with E-state index in [9.17, 15) is 9.59 Å². The van der Waals surface area contributed by atoms with E-state index in [1.54, 1.807) is 6.92 Å². The maximum atomic E-state index is 12.1. The van der Waals surface area contributed by atoms with E-state index in [2.05, 4.69) is 11.4 Å². The van der Waals surface area contributed by atoms with E-state index in [0.717, 1.165) is 18.4 Å². The highest BCUT2D eigenvalue weighted by atomic mass is 16.7. The number of benzene rings is 1. The van der Waals surface area contributed by atoms with Gasteiger partial charge in [-0.15, -0.1) is 0 Å². The molecule has 2 atom stereocenters. The summed E-state index contributed by atoms with van der Waals surface area (Å²) in [6.45, 7) is 2.14. The maximum Gasteiger partial charge on any atom is 0.310 e. The molecule has 0 aromatic heterocycles. The summed E-state index contributed by atoms with van der Waals surface area (Å²) in [5.41, 5.74) is 0.892. The van der Waals surface area contributed by atoms with E-state index in [1.807, 2.05) is 24.3 Å². The first kappa shape index (κ1) is 16.4. The molecule has 0 bridgehead atoms. The molecule has 2 aliphatic rings. The third-order valence-corrected chi connectivity index (χ3v) is 4.17. The second-order valence-corrected chi connectivity index (χ2v) is 5.97. The summed E-state index contributed by atoms with van der Waals surface area (Å²) in [4.78, 5) is 24.2. The van der Waals surface area contributed by atoms with Crippen LogP contribution >= 0.6 is 0 Å². The number of hydrogen-bond donors (Lipinski definition) is 1. The zero-order valence-corrected chi connectivity index (χ0v) is 13.6. The van der Waals surface area contributed by atoms with Crippen molar-refractivity contribution in [1.29, 1.82) is 0 Å². The quantitative estimate of drug-likeness (QED) is 0.662. The molecule has 0 fully saturated rings. The fraction of sp³-hybridized carbons (Fsp3) is 0.444. The van der Waals surface area contributed by atoms with Crippen LogP contribution in [0.5, 0.6) is 11.5 Å². The summed E-state index contributed by atoms with van der Waals surface area (Å²) in [6.07, 6.45) is 5.58. The standard InChI is InChI=1S/C18H21NO5/c1-12(24-18(21)14-5-3-2-4-6-14)17(20)19-10-13-7-8-15-16(9-13)23-11-22-15/h2-3,7-9,12,14H,4-6,10-11H2,1H3,(H,19,20)/t12-,14-/m1/s1. The zero-order valence-electron chi connectivity index (χ0n) is 13.6. The number of carbonyl (C=O) groups excluding carboxylic acids is 2. The minimum absolute atomic E-state index is 0.140. The molecule has 3 rings (SSSR count). The number of fused-ring (bicyclic) bond motifs is 1. The van der Waals surface area contributed by atoms with E-state index in [-0.39, 0.29) is 24.6 Å². The summed E-state index contributed by atoms with van der Waals surface area (Å²) in [5.74, 6) is 0.622. The van der Waals surface area contributed by atoms with Crippen LogP contribution in [0.4, 0.5) is 0 Å². The Kier molecular flexibility index (Phi) is 5.03. The topological polar surface area (TPSA) is 73.9 Å². The van der Waals surface area contributed by atoms with Gasteiger partial charge < -0.3 is 19.5 Å². The van der Waals surface area contributed by atoms with Gasteiger partial charge in [-0.25, -0.2) is 0 Å². The van der Waals surface area contributed by atoms with E-state index >= 15 is 0 Å². The van der Waals surface area contributed by atoms with Crippen molar-refractivity contribution in [1.82, 2.24) is 5.32 Å². The largest absolute Gasteiger partial charge is 0.454 e. The van der Waals surface area contributed by atoms with E-state index in [1.165, 1.54) is 0 Å². The van der Waals surface area contributed by atoms with Crippen molar-refractivity contribution in [3.8, 4) is 11.5 Å². The third-order valence-electron chi connectivity index (χ3n) is 4.17. The maximum absolute atomic E-state index is 12.1. The molecule has 24 heavy (non-hydrogen) atoms. The number of rotatable bonds is 5. The van der Waals surface area contributed by atoms with Gasteiger partial charge in [0.1, 0.15) is 0 Å². The molecule has 1 heterocycles.